The number of hydrogen-bond acceptors (Lipinski definition) is 12. The number of esters is 1. The SMILES string of the molecule is CC[C@H]1OC(=O)[C@H](C)[C@@H](OC)[C@H](C)[C@@H](O[C@@H]2O[C@H](C)C[C@H](N(C)C)[C@H]2O)[C@@](C)(OC)C[C@@H](C)C(=NOC)[C@H](C)[C@@H](O)[C@]1(C)O. The summed E-state index contributed by atoms with van der Waals surface area (Å²) in [7, 11) is 8.36. The highest BCUT2D eigenvalue weighted by Gasteiger charge is 2.52. The molecule has 0 spiro atoms. The first-order valence-electron chi connectivity index (χ1n) is 15.9. The molecule has 2 saturated heterocycles. The molecule has 2 rings (SSSR count). The fourth-order valence-electron chi connectivity index (χ4n) is 7.28. The van der Waals surface area contributed by atoms with Gasteiger partial charge in [0.1, 0.15) is 24.9 Å². The van der Waals surface area contributed by atoms with Gasteiger partial charge in [0.25, 0.3) is 0 Å². The van der Waals surface area contributed by atoms with Crippen molar-refractivity contribution in [3.8, 4) is 0 Å². The van der Waals surface area contributed by atoms with Crippen LogP contribution in [0.5, 0.6) is 0 Å². The zero-order valence-electron chi connectivity index (χ0n) is 29.1. The molecule has 0 aromatic carbocycles. The molecule has 12 heteroatoms. The van der Waals surface area contributed by atoms with Gasteiger partial charge in [0, 0.05) is 38.0 Å². The Kier molecular flexibility index (Phi) is 14.1. The van der Waals surface area contributed by atoms with Gasteiger partial charge >= 0.3 is 5.97 Å². The quantitative estimate of drug-likeness (QED) is 0.281. The fourth-order valence-corrected chi connectivity index (χ4v) is 7.28. The van der Waals surface area contributed by atoms with Crippen LogP contribution in [0.1, 0.15) is 74.7 Å². The minimum absolute atomic E-state index is 0.175. The van der Waals surface area contributed by atoms with E-state index in [0.717, 1.165) is 0 Å². The van der Waals surface area contributed by atoms with Gasteiger partial charge in [-0.05, 0) is 61.1 Å². The second-order valence-corrected chi connectivity index (χ2v) is 13.6. The Hall–Kier alpha value is -1.38. The molecule has 44 heavy (non-hydrogen) atoms. The van der Waals surface area contributed by atoms with Crippen molar-refractivity contribution in [2.45, 2.75) is 135 Å². The highest BCUT2D eigenvalue weighted by atomic mass is 16.7. The number of carbonyl (C=O) groups is 1. The lowest BCUT2D eigenvalue weighted by Crippen LogP contribution is -2.60. The molecule has 258 valence electrons. The Balaban J connectivity index is 2.73. The van der Waals surface area contributed by atoms with Gasteiger partial charge in [0.05, 0.1) is 41.6 Å². The summed E-state index contributed by atoms with van der Waals surface area (Å²) in [4.78, 5) is 20.8. The van der Waals surface area contributed by atoms with Crippen molar-refractivity contribution in [3.63, 3.8) is 0 Å². The summed E-state index contributed by atoms with van der Waals surface area (Å²) in [5.41, 5.74) is -2.32. The molecule has 2 heterocycles. The first-order valence-corrected chi connectivity index (χ1v) is 15.9. The van der Waals surface area contributed by atoms with E-state index in [0.29, 0.717) is 18.6 Å². The first kappa shape index (κ1) is 38.8. The predicted octanol–water partition coefficient (Wildman–Crippen LogP) is 2.60. The van der Waals surface area contributed by atoms with E-state index in [1.807, 2.05) is 46.7 Å². The predicted molar refractivity (Wildman–Crippen MR) is 166 cm³/mol. The number of aliphatic hydroxyl groups excluding tert-OH is 2. The number of ether oxygens (including phenoxy) is 5. The summed E-state index contributed by atoms with van der Waals surface area (Å²) in [6.45, 7) is 14.4. The number of cyclic esters (lactones) is 1. The largest absolute Gasteiger partial charge is 0.459 e. The second kappa shape index (κ2) is 15.9. The molecular weight excluding hydrogens is 572 g/mol. The second-order valence-electron chi connectivity index (χ2n) is 13.6. The van der Waals surface area contributed by atoms with Crippen molar-refractivity contribution in [1.82, 2.24) is 4.90 Å². The van der Waals surface area contributed by atoms with E-state index >= 15 is 0 Å². The Bertz CT molecular complexity index is 948. The average molecular weight is 633 g/mol. The van der Waals surface area contributed by atoms with Crippen LogP contribution in [0.3, 0.4) is 0 Å². The van der Waals surface area contributed by atoms with Gasteiger partial charge in [-0.15, -0.1) is 0 Å². The maximum absolute atomic E-state index is 13.6. The van der Waals surface area contributed by atoms with E-state index < -0.39 is 71.7 Å². The van der Waals surface area contributed by atoms with Crippen molar-refractivity contribution < 1.29 is 48.6 Å². The Morgan fingerprint density at radius 2 is 1.66 bits per heavy atom. The summed E-state index contributed by atoms with van der Waals surface area (Å²) in [5, 5.41) is 38.7. The van der Waals surface area contributed by atoms with E-state index in [9.17, 15) is 20.1 Å². The molecule has 2 fully saturated rings. The average Bonchev–Trinajstić information content (AvgIpc) is 2.96. The number of carbonyl (C=O) groups excluding carboxylic acids is 1. The Morgan fingerprint density at radius 3 is 2.16 bits per heavy atom. The van der Waals surface area contributed by atoms with E-state index in [4.69, 9.17) is 28.5 Å². The summed E-state index contributed by atoms with van der Waals surface area (Å²) in [6, 6.07) is -0.195. The van der Waals surface area contributed by atoms with Crippen LogP contribution in [-0.4, -0.2) is 127 Å². The zero-order valence-corrected chi connectivity index (χ0v) is 29.1. The molecular formula is C32H60N2O10. The maximum Gasteiger partial charge on any atom is 0.311 e. The van der Waals surface area contributed by atoms with Crippen molar-refractivity contribution >= 4 is 11.7 Å². The van der Waals surface area contributed by atoms with Gasteiger partial charge in [-0.25, -0.2) is 0 Å². The van der Waals surface area contributed by atoms with Crippen LogP contribution in [0.25, 0.3) is 0 Å². The third kappa shape index (κ3) is 8.31. The van der Waals surface area contributed by atoms with Crippen molar-refractivity contribution in [2.24, 2.45) is 28.8 Å². The molecule has 0 saturated carbocycles. The molecule has 14 atom stereocenters. The molecule has 0 aromatic rings. The molecule has 0 bridgehead atoms. The normalized spacial score (nSPS) is 46.0. The van der Waals surface area contributed by atoms with Crippen LogP contribution in [0.2, 0.25) is 0 Å². The Labute approximate surface area is 264 Å². The fraction of sp³-hybridized carbons (Fsp3) is 0.938. The number of hydrogen-bond donors (Lipinski definition) is 3. The zero-order chi connectivity index (χ0) is 33.7. The van der Waals surface area contributed by atoms with Crippen molar-refractivity contribution in [1.29, 1.82) is 0 Å². The molecule has 12 nitrogen and oxygen atoms in total. The smallest absolute Gasteiger partial charge is 0.311 e. The molecule has 0 aliphatic carbocycles. The van der Waals surface area contributed by atoms with Crippen LogP contribution in [-0.2, 0) is 33.3 Å². The van der Waals surface area contributed by atoms with Gasteiger partial charge in [0.2, 0.25) is 0 Å². The third-order valence-corrected chi connectivity index (χ3v) is 9.99. The first-order chi connectivity index (χ1) is 20.4. The number of methoxy groups -OCH3 is 2. The van der Waals surface area contributed by atoms with Gasteiger partial charge in [0.15, 0.2) is 6.29 Å². The van der Waals surface area contributed by atoms with Crippen LogP contribution >= 0.6 is 0 Å². The molecule has 2 aliphatic rings. The van der Waals surface area contributed by atoms with Crippen molar-refractivity contribution in [2.75, 3.05) is 35.4 Å². The van der Waals surface area contributed by atoms with Crippen LogP contribution < -0.4 is 0 Å². The summed E-state index contributed by atoms with van der Waals surface area (Å²) in [6.07, 6.45) is -4.65. The van der Waals surface area contributed by atoms with Crippen LogP contribution in [0.4, 0.5) is 0 Å². The maximum atomic E-state index is 13.6. The minimum Gasteiger partial charge on any atom is -0.459 e. The third-order valence-electron chi connectivity index (χ3n) is 9.99. The molecule has 0 unspecified atom stereocenters. The van der Waals surface area contributed by atoms with Gasteiger partial charge in [-0.2, -0.15) is 0 Å². The summed E-state index contributed by atoms with van der Waals surface area (Å²) >= 11 is 0. The Morgan fingerprint density at radius 1 is 1.05 bits per heavy atom. The standard InChI is InChI=1S/C32H60N2O10/c1-14-23-32(8,38)27(36)19(4)24(33-41-13)17(2)16-31(7,40-12)28(20(5)26(39-11)21(6)29(37)43-23)44-30-25(35)22(34(9)10)15-18(3)42-30/h17-23,25-28,30,35-36,38H,14-16H2,1-13H3/t17-,18-,19+,20+,21-,22+,23-,25-,26+,27-,28-,30+,31+,32-/m1/s1. The van der Waals surface area contributed by atoms with E-state index in [2.05, 4.69) is 5.16 Å². The van der Waals surface area contributed by atoms with Crippen molar-refractivity contribution in [3.05, 3.63) is 0 Å². The number of aliphatic hydroxyl groups is 3. The highest BCUT2D eigenvalue weighted by molar-refractivity contribution is 5.88. The highest BCUT2D eigenvalue weighted by Crippen LogP contribution is 2.40. The number of nitrogens with zero attached hydrogens (tertiary/aromatic N) is 2. The number of rotatable bonds is 7. The number of likely N-dealkylation sites (N-methyl/N-ethyl adjacent to an activating group) is 1. The molecule has 2 aliphatic heterocycles. The summed E-state index contributed by atoms with van der Waals surface area (Å²) < 4.78 is 31.0. The lowest BCUT2D eigenvalue weighted by molar-refractivity contribution is -0.301. The van der Waals surface area contributed by atoms with Gasteiger partial charge in [-0.1, -0.05) is 32.9 Å². The molecule has 0 amide bonds. The van der Waals surface area contributed by atoms with E-state index in [-0.39, 0.29) is 24.5 Å². The lowest BCUT2D eigenvalue weighted by atomic mass is 9.73. The molecule has 3 N–H and O–H groups in total. The van der Waals surface area contributed by atoms with E-state index in [1.54, 1.807) is 27.9 Å². The van der Waals surface area contributed by atoms with Crippen LogP contribution in [0, 0.1) is 23.7 Å². The van der Waals surface area contributed by atoms with Gasteiger partial charge < -0.3 is 48.7 Å². The monoisotopic (exact) mass is 632 g/mol. The van der Waals surface area contributed by atoms with Gasteiger partial charge in [-0.3, -0.25) is 4.79 Å². The molecule has 0 radical (unpaired) electrons. The van der Waals surface area contributed by atoms with Crippen LogP contribution in [0.15, 0.2) is 5.16 Å². The minimum atomic E-state index is -1.79. The summed E-state index contributed by atoms with van der Waals surface area (Å²) in [5.74, 6) is -2.84. The molecule has 0 aromatic heterocycles. The van der Waals surface area contributed by atoms with E-state index in [1.165, 1.54) is 21.1 Å². The number of oxime groups is 1. The lowest BCUT2D eigenvalue weighted by Gasteiger charge is -2.48. The topological polar surface area (TPSA) is 149 Å².